The Morgan fingerprint density at radius 2 is 2.57 bits per heavy atom. The molecule has 0 spiro atoms. The first-order valence-electron chi connectivity index (χ1n) is 2.03. The van der Waals surface area contributed by atoms with Crippen molar-refractivity contribution >= 4 is 6.21 Å². The van der Waals surface area contributed by atoms with Crippen LogP contribution in [0.2, 0.25) is 0 Å². The van der Waals surface area contributed by atoms with Crippen molar-refractivity contribution in [2.24, 2.45) is 0 Å². The van der Waals surface area contributed by atoms with Gasteiger partial charge in [-0.1, -0.05) is 10.9 Å². The maximum atomic E-state index is 10.1. The standard InChI is InChI=1S/C4H5N2O/c7-6-4-2-1-3-5-6/h1-2,4H,3H2. The van der Waals surface area contributed by atoms with E-state index in [1.807, 2.05) is 6.08 Å². The minimum atomic E-state index is 0.514. The molecule has 0 N–H and O–H groups in total. The molecule has 0 aliphatic carbocycles. The largest absolute Gasteiger partial charge is 0.595 e. The van der Waals surface area contributed by atoms with Crippen molar-refractivity contribution < 1.29 is 4.85 Å². The summed E-state index contributed by atoms with van der Waals surface area (Å²) in [6, 6.07) is 0. The first-order valence-corrected chi connectivity index (χ1v) is 2.03. The summed E-state index contributed by atoms with van der Waals surface area (Å²) in [6.07, 6.45) is 4.86. The van der Waals surface area contributed by atoms with E-state index in [2.05, 4.69) is 5.43 Å². The van der Waals surface area contributed by atoms with Gasteiger partial charge in [0.05, 0.1) is 0 Å². The second-order valence-electron chi connectivity index (χ2n) is 1.20. The van der Waals surface area contributed by atoms with E-state index in [-0.39, 0.29) is 0 Å². The maximum Gasteiger partial charge on any atom is 0.209 e. The average Bonchev–Trinajstić information content (AvgIpc) is 1.69. The fourth-order valence-corrected chi connectivity index (χ4v) is 0.370. The van der Waals surface area contributed by atoms with Crippen molar-refractivity contribution in [3.63, 3.8) is 0 Å². The second-order valence-corrected chi connectivity index (χ2v) is 1.20. The summed E-state index contributed by atoms with van der Waals surface area (Å²) in [6.45, 7) is 0.514. The lowest BCUT2D eigenvalue weighted by molar-refractivity contribution is -0.523. The summed E-state index contributed by atoms with van der Waals surface area (Å²) in [5, 5.41) is 10.1. The van der Waals surface area contributed by atoms with E-state index < -0.39 is 0 Å². The number of rotatable bonds is 0. The first-order chi connectivity index (χ1) is 3.39. The maximum absolute atomic E-state index is 10.1. The summed E-state index contributed by atoms with van der Waals surface area (Å²) in [5.74, 6) is 0. The zero-order valence-corrected chi connectivity index (χ0v) is 3.74. The fraction of sp³-hybridized carbons (Fsp3) is 0.250. The summed E-state index contributed by atoms with van der Waals surface area (Å²) in [5.41, 5.74) is 3.47. The predicted octanol–water partition coefficient (Wildman–Crippen LogP) is -0.343. The highest BCUT2D eigenvalue weighted by atomic mass is 16.5. The Morgan fingerprint density at radius 3 is 2.86 bits per heavy atom. The fourth-order valence-electron chi connectivity index (χ4n) is 0.370. The van der Waals surface area contributed by atoms with Gasteiger partial charge in [-0.15, -0.1) is 0 Å². The molecule has 0 aromatic heterocycles. The van der Waals surface area contributed by atoms with E-state index in [9.17, 15) is 5.21 Å². The Morgan fingerprint density at radius 1 is 1.71 bits per heavy atom. The van der Waals surface area contributed by atoms with Crippen molar-refractivity contribution in [2.45, 2.75) is 0 Å². The minimum absolute atomic E-state index is 0.514. The third-order valence-corrected chi connectivity index (χ3v) is 0.676. The van der Waals surface area contributed by atoms with Crippen LogP contribution in [0, 0.1) is 5.21 Å². The molecule has 0 saturated carbocycles. The van der Waals surface area contributed by atoms with E-state index in [4.69, 9.17) is 0 Å². The molecule has 0 atom stereocenters. The summed E-state index contributed by atoms with van der Waals surface area (Å²) in [7, 11) is 0. The van der Waals surface area contributed by atoms with Gasteiger partial charge in [-0.3, -0.25) is 0 Å². The van der Waals surface area contributed by atoms with Crippen LogP contribution in [-0.4, -0.2) is 17.6 Å². The van der Waals surface area contributed by atoms with Crippen LogP contribution in [0.1, 0.15) is 0 Å². The summed E-state index contributed by atoms with van der Waals surface area (Å²) >= 11 is 0. The molecule has 1 radical (unpaired) electrons. The molecule has 0 fully saturated rings. The molecule has 3 heteroatoms. The SMILES string of the molecule is [O-][N+]1=CC=CC[N]1. The summed E-state index contributed by atoms with van der Waals surface area (Å²) < 4.78 is 0. The molecule has 1 rings (SSSR count). The molecule has 1 aliphatic rings. The molecule has 1 heterocycles. The van der Waals surface area contributed by atoms with E-state index in [0.717, 1.165) is 0 Å². The molecule has 0 bridgehead atoms. The zero-order chi connectivity index (χ0) is 5.11. The van der Waals surface area contributed by atoms with Crippen molar-refractivity contribution in [3.8, 4) is 0 Å². The monoisotopic (exact) mass is 97.0 g/mol. The lowest BCUT2D eigenvalue weighted by Gasteiger charge is -1.98. The number of allylic oxidation sites excluding steroid dienone is 1. The number of hydrogen-bond donors (Lipinski definition) is 0. The third kappa shape index (κ3) is 0.924. The molecule has 0 saturated heterocycles. The van der Waals surface area contributed by atoms with Gasteiger partial charge < -0.3 is 5.21 Å². The lowest BCUT2D eigenvalue weighted by atomic mass is 10.5. The quantitative estimate of drug-likeness (QED) is 0.301. The molecule has 3 nitrogen and oxygen atoms in total. The molecule has 0 aromatic carbocycles. The van der Waals surface area contributed by atoms with Crippen LogP contribution in [-0.2, 0) is 0 Å². The first kappa shape index (κ1) is 4.18. The Labute approximate surface area is 41.5 Å². The molecule has 1 aliphatic heterocycles. The number of hydrogen-bond acceptors (Lipinski definition) is 1. The topological polar surface area (TPSA) is 40.2 Å². The van der Waals surface area contributed by atoms with E-state index in [1.165, 1.54) is 6.21 Å². The van der Waals surface area contributed by atoms with Crippen LogP contribution in [0.4, 0.5) is 0 Å². The lowest BCUT2D eigenvalue weighted by Crippen LogP contribution is -2.19. The van der Waals surface area contributed by atoms with Gasteiger partial charge in [0.2, 0.25) is 6.21 Å². The highest BCUT2D eigenvalue weighted by Gasteiger charge is 1.93. The second kappa shape index (κ2) is 1.64. The van der Waals surface area contributed by atoms with Gasteiger partial charge in [0, 0.05) is 6.08 Å². The highest BCUT2D eigenvalue weighted by molar-refractivity contribution is 5.66. The van der Waals surface area contributed by atoms with Crippen LogP contribution in [0.25, 0.3) is 0 Å². The molecule has 0 aromatic rings. The Kier molecular flexibility index (Phi) is 0.978. The van der Waals surface area contributed by atoms with Gasteiger partial charge in [0.15, 0.2) is 0 Å². The van der Waals surface area contributed by atoms with Crippen molar-refractivity contribution in [1.82, 2.24) is 5.43 Å². The zero-order valence-electron chi connectivity index (χ0n) is 3.74. The van der Waals surface area contributed by atoms with Gasteiger partial charge in [-0.25, -0.2) is 0 Å². The molecular formula is C4H5N2O. The minimum Gasteiger partial charge on any atom is -0.595 e. The molecular weight excluding hydrogens is 92.1 g/mol. The summed E-state index contributed by atoms with van der Waals surface area (Å²) in [4.78, 5) is 0.556. The van der Waals surface area contributed by atoms with Gasteiger partial charge in [0.25, 0.3) is 0 Å². The molecule has 37 valence electrons. The van der Waals surface area contributed by atoms with Gasteiger partial charge in [-0.05, 0) is 5.43 Å². The number of nitrogens with zero attached hydrogens (tertiary/aromatic N) is 2. The van der Waals surface area contributed by atoms with Gasteiger partial charge in [-0.2, -0.15) is 0 Å². The molecule has 0 unspecified atom stereocenters. The van der Waals surface area contributed by atoms with E-state index in [1.54, 1.807) is 6.08 Å². The van der Waals surface area contributed by atoms with Crippen molar-refractivity contribution in [3.05, 3.63) is 17.4 Å². The normalized spacial score (nSPS) is 18.0. The van der Waals surface area contributed by atoms with Gasteiger partial charge >= 0.3 is 0 Å². The Bertz CT molecular complexity index is 117. The van der Waals surface area contributed by atoms with Crippen LogP contribution in [0.5, 0.6) is 0 Å². The van der Waals surface area contributed by atoms with Crippen LogP contribution < -0.4 is 5.43 Å². The van der Waals surface area contributed by atoms with E-state index >= 15 is 0 Å². The van der Waals surface area contributed by atoms with Crippen LogP contribution >= 0.6 is 0 Å². The van der Waals surface area contributed by atoms with Crippen LogP contribution in [0.3, 0.4) is 0 Å². The van der Waals surface area contributed by atoms with Crippen LogP contribution in [0.15, 0.2) is 12.2 Å². The third-order valence-electron chi connectivity index (χ3n) is 0.676. The Balaban J connectivity index is 2.57. The predicted molar refractivity (Wildman–Crippen MR) is 25.8 cm³/mol. The van der Waals surface area contributed by atoms with Gasteiger partial charge in [0.1, 0.15) is 6.54 Å². The van der Waals surface area contributed by atoms with E-state index in [0.29, 0.717) is 11.4 Å². The van der Waals surface area contributed by atoms with Crippen molar-refractivity contribution in [2.75, 3.05) is 6.54 Å². The smallest absolute Gasteiger partial charge is 0.209 e. The van der Waals surface area contributed by atoms with Crippen molar-refractivity contribution in [1.29, 1.82) is 0 Å². The average molecular weight is 97.1 g/mol. The highest BCUT2D eigenvalue weighted by Crippen LogP contribution is 1.75. The molecule has 7 heavy (non-hydrogen) atoms. The Hall–Kier alpha value is -0.990. The molecule has 0 amide bonds.